The SMILES string of the molecule is CCO.NC(=O)C=Cc1ccccc1. The summed E-state index contributed by atoms with van der Waals surface area (Å²) >= 11 is 0. The average Bonchev–Trinajstić information content (AvgIpc) is 2.18. The fourth-order valence-corrected chi connectivity index (χ4v) is 0.743. The van der Waals surface area contributed by atoms with Crippen LogP contribution in [0.4, 0.5) is 0 Å². The zero-order valence-corrected chi connectivity index (χ0v) is 8.18. The first-order valence-corrected chi connectivity index (χ1v) is 4.34. The zero-order valence-electron chi connectivity index (χ0n) is 8.18. The van der Waals surface area contributed by atoms with E-state index in [-0.39, 0.29) is 6.61 Å². The molecule has 3 heteroatoms. The van der Waals surface area contributed by atoms with Crippen molar-refractivity contribution in [1.82, 2.24) is 0 Å². The van der Waals surface area contributed by atoms with Crippen LogP contribution in [0.15, 0.2) is 36.4 Å². The van der Waals surface area contributed by atoms with Crippen LogP contribution in [-0.4, -0.2) is 17.6 Å². The van der Waals surface area contributed by atoms with Gasteiger partial charge in [0.1, 0.15) is 0 Å². The molecule has 14 heavy (non-hydrogen) atoms. The molecule has 0 heterocycles. The van der Waals surface area contributed by atoms with Gasteiger partial charge < -0.3 is 10.8 Å². The van der Waals surface area contributed by atoms with Crippen LogP contribution in [-0.2, 0) is 4.79 Å². The van der Waals surface area contributed by atoms with Gasteiger partial charge in [0.25, 0.3) is 0 Å². The summed E-state index contributed by atoms with van der Waals surface area (Å²) in [6.45, 7) is 1.93. The van der Waals surface area contributed by atoms with Crippen LogP contribution in [0.2, 0.25) is 0 Å². The number of hydrogen-bond donors (Lipinski definition) is 2. The van der Waals surface area contributed by atoms with Gasteiger partial charge >= 0.3 is 0 Å². The maximum atomic E-state index is 10.3. The minimum absolute atomic E-state index is 0.250. The van der Waals surface area contributed by atoms with Crippen LogP contribution >= 0.6 is 0 Å². The van der Waals surface area contributed by atoms with Gasteiger partial charge in [-0.1, -0.05) is 30.3 Å². The molecule has 0 aliphatic carbocycles. The van der Waals surface area contributed by atoms with Crippen molar-refractivity contribution in [2.75, 3.05) is 6.61 Å². The molecule has 0 saturated heterocycles. The third-order valence-electron chi connectivity index (χ3n) is 1.24. The van der Waals surface area contributed by atoms with Crippen molar-refractivity contribution in [1.29, 1.82) is 0 Å². The van der Waals surface area contributed by atoms with E-state index in [1.165, 1.54) is 6.08 Å². The molecule has 0 unspecified atom stereocenters. The van der Waals surface area contributed by atoms with E-state index in [9.17, 15) is 4.79 Å². The Morgan fingerprint density at radius 3 is 2.36 bits per heavy atom. The number of benzene rings is 1. The highest BCUT2D eigenvalue weighted by molar-refractivity contribution is 5.90. The first-order chi connectivity index (χ1) is 6.70. The molecule has 0 saturated carbocycles. The van der Waals surface area contributed by atoms with Crippen LogP contribution in [0.1, 0.15) is 12.5 Å². The van der Waals surface area contributed by atoms with Crippen LogP contribution in [0, 0.1) is 0 Å². The largest absolute Gasteiger partial charge is 0.397 e. The van der Waals surface area contributed by atoms with Gasteiger partial charge in [0.05, 0.1) is 0 Å². The number of hydrogen-bond acceptors (Lipinski definition) is 2. The second kappa shape index (κ2) is 8.01. The highest BCUT2D eigenvalue weighted by Gasteiger charge is 1.84. The molecule has 0 fully saturated rings. The molecule has 1 aromatic rings. The zero-order chi connectivity index (χ0) is 10.8. The van der Waals surface area contributed by atoms with Gasteiger partial charge in [-0.05, 0) is 18.6 Å². The third-order valence-corrected chi connectivity index (χ3v) is 1.24. The molecule has 76 valence electrons. The lowest BCUT2D eigenvalue weighted by Gasteiger charge is -1.88. The Hall–Kier alpha value is -1.61. The number of carbonyl (C=O) groups excluding carboxylic acids is 1. The van der Waals surface area contributed by atoms with Gasteiger partial charge in [0, 0.05) is 12.7 Å². The van der Waals surface area contributed by atoms with Crippen molar-refractivity contribution in [3.63, 3.8) is 0 Å². The molecule has 1 rings (SSSR count). The maximum Gasteiger partial charge on any atom is 0.241 e. The van der Waals surface area contributed by atoms with Crippen LogP contribution in [0.25, 0.3) is 6.08 Å². The first-order valence-electron chi connectivity index (χ1n) is 4.34. The van der Waals surface area contributed by atoms with Crippen LogP contribution < -0.4 is 5.73 Å². The number of nitrogens with two attached hydrogens (primary N) is 1. The Kier molecular flexibility index (Phi) is 7.09. The van der Waals surface area contributed by atoms with Gasteiger partial charge in [-0.25, -0.2) is 0 Å². The lowest BCUT2D eigenvalue weighted by molar-refractivity contribution is -0.113. The standard InChI is InChI=1S/C9H9NO.C2H6O/c10-9(11)7-6-8-4-2-1-3-5-8;1-2-3/h1-7H,(H2,10,11);3H,2H2,1H3. The number of amides is 1. The van der Waals surface area contributed by atoms with Crippen molar-refractivity contribution >= 4 is 12.0 Å². The van der Waals surface area contributed by atoms with E-state index in [0.717, 1.165) is 5.56 Å². The van der Waals surface area contributed by atoms with E-state index in [0.29, 0.717) is 0 Å². The monoisotopic (exact) mass is 193 g/mol. The predicted octanol–water partition coefficient (Wildman–Crippen LogP) is 1.18. The van der Waals surface area contributed by atoms with Gasteiger partial charge in [-0.3, -0.25) is 4.79 Å². The Morgan fingerprint density at radius 1 is 1.43 bits per heavy atom. The van der Waals surface area contributed by atoms with E-state index in [1.54, 1.807) is 13.0 Å². The molecule has 0 bridgehead atoms. The maximum absolute atomic E-state index is 10.3. The lowest BCUT2D eigenvalue weighted by atomic mass is 10.2. The number of primary amides is 1. The molecule has 0 aliphatic heterocycles. The Morgan fingerprint density at radius 2 is 1.93 bits per heavy atom. The summed E-state index contributed by atoms with van der Waals surface area (Å²) < 4.78 is 0. The van der Waals surface area contributed by atoms with Gasteiger partial charge in [0.2, 0.25) is 5.91 Å². The molecular weight excluding hydrogens is 178 g/mol. The van der Waals surface area contributed by atoms with Crippen LogP contribution in [0.5, 0.6) is 0 Å². The highest BCUT2D eigenvalue weighted by Crippen LogP contribution is 1.99. The summed E-state index contributed by atoms with van der Waals surface area (Å²) in [7, 11) is 0. The van der Waals surface area contributed by atoms with Crippen molar-refractivity contribution in [3.8, 4) is 0 Å². The molecule has 0 spiro atoms. The predicted molar refractivity (Wildman–Crippen MR) is 57.4 cm³/mol. The van der Waals surface area contributed by atoms with Gasteiger partial charge in [0.15, 0.2) is 0 Å². The van der Waals surface area contributed by atoms with Crippen molar-refractivity contribution in [3.05, 3.63) is 42.0 Å². The number of carbonyl (C=O) groups is 1. The van der Waals surface area contributed by atoms with E-state index < -0.39 is 5.91 Å². The fraction of sp³-hybridized carbons (Fsp3) is 0.182. The summed E-state index contributed by atoms with van der Waals surface area (Å²) in [6, 6.07) is 9.53. The van der Waals surface area contributed by atoms with E-state index >= 15 is 0 Å². The highest BCUT2D eigenvalue weighted by atomic mass is 16.2. The molecule has 0 radical (unpaired) electrons. The number of rotatable bonds is 2. The summed E-state index contributed by atoms with van der Waals surface area (Å²) in [5.74, 6) is -0.422. The summed E-state index contributed by atoms with van der Waals surface area (Å²) in [5, 5.41) is 7.57. The molecule has 0 aromatic heterocycles. The third kappa shape index (κ3) is 7.06. The number of aliphatic hydroxyl groups excluding tert-OH is 1. The van der Waals surface area contributed by atoms with E-state index in [2.05, 4.69) is 0 Å². The second-order valence-corrected chi connectivity index (χ2v) is 2.46. The molecular formula is C11H15NO2. The smallest absolute Gasteiger partial charge is 0.241 e. The molecule has 1 amide bonds. The Labute approximate surface area is 83.9 Å². The number of aliphatic hydroxyl groups is 1. The van der Waals surface area contributed by atoms with E-state index in [4.69, 9.17) is 10.8 Å². The second-order valence-electron chi connectivity index (χ2n) is 2.46. The molecule has 0 aliphatic rings. The summed E-state index contributed by atoms with van der Waals surface area (Å²) in [5.41, 5.74) is 5.89. The van der Waals surface area contributed by atoms with E-state index in [1.807, 2.05) is 30.3 Å². The minimum Gasteiger partial charge on any atom is -0.397 e. The average molecular weight is 193 g/mol. The summed E-state index contributed by atoms with van der Waals surface area (Å²) in [4.78, 5) is 10.3. The Bertz CT molecular complexity index is 281. The molecule has 0 atom stereocenters. The van der Waals surface area contributed by atoms with Crippen LogP contribution in [0.3, 0.4) is 0 Å². The fourth-order valence-electron chi connectivity index (χ4n) is 0.743. The topological polar surface area (TPSA) is 63.3 Å². The molecule has 3 N–H and O–H groups in total. The van der Waals surface area contributed by atoms with Crippen molar-refractivity contribution in [2.45, 2.75) is 6.92 Å². The Balaban J connectivity index is 0.000000500. The lowest BCUT2D eigenvalue weighted by Crippen LogP contribution is -2.04. The first kappa shape index (κ1) is 12.4. The quantitative estimate of drug-likeness (QED) is 0.693. The minimum atomic E-state index is -0.422. The summed E-state index contributed by atoms with van der Waals surface area (Å²) in [6.07, 6.45) is 3.03. The molecule has 3 nitrogen and oxygen atoms in total. The van der Waals surface area contributed by atoms with Crippen molar-refractivity contribution < 1.29 is 9.90 Å². The molecule has 1 aromatic carbocycles. The van der Waals surface area contributed by atoms with Gasteiger partial charge in [-0.2, -0.15) is 0 Å². The normalized spacial score (nSPS) is 9.29. The van der Waals surface area contributed by atoms with Crippen molar-refractivity contribution in [2.24, 2.45) is 5.73 Å². The van der Waals surface area contributed by atoms with Gasteiger partial charge in [-0.15, -0.1) is 0 Å².